The molecule has 312 valence electrons. The molecule has 3 atom stereocenters. The highest BCUT2D eigenvalue weighted by atomic mass is 31.2. The maximum absolute atomic E-state index is 12.5. The van der Waals surface area contributed by atoms with Gasteiger partial charge in [0.2, 0.25) is 0 Å². The van der Waals surface area contributed by atoms with Gasteiger partial charge in [-0.15, -0.1) is 0 Å². The van der Waals surface area contributed by atoms with Crippen LogP contribution >= 0.6 is 7.82 Å². The predicted molar refractivity (Wildman–Crippen MR) is 219 cm³/mol. The van der Waals surface area contributed by atoms with Crippen LogP contribution in [-0.2, 0) is 27.9 Å². The van der Waals surface area contributed by atoms with E-state index in [9.17, 15) is 19.4 Å². The molecule has 0 saturated carbocycles. The fraction of sp³-hybridized carbons (Fsp3) is 0.837. The third-order valence-corrected chi connectivity index (χ3v) is 10.0. The van der Waals surface area contributed by atoms with Crippen molar-refractivity contribution in [2.24, 2.45) is 0 Å². The van der Waals surface area contributed by atoms with Crippen LogP contribution in [0.15, 0.2) is 36.5 Å². The number of aliphatic hydroxyl groups excluding tert-OH is 2. The minimum absolute atomic E-state index is 0.0443. The summed E-state index contributed by atoms with van der Waals surface area (Å²) in [6.45, 7) is 3.47. The zero-order valence-electron chi connectivity index (χ0n) is 34.0. The first-order valence-corrected chi connectivity index (χ1v) is 23.0. The van der Waals surface area contributed by atoms with Crippen molar-refractivity contribution in [2.75, 3.05) is 33.0 Å². The lowest BCUT2D eigenvalue weighted by Gasteiger charge is -2.20. The number of aliphatic hydroxyl groups is 2. The summed E-state index contributed by atoms with van der Waals surface area (Å²) >= 11 is 0. The van der Waals surface area contributed by atoms with Crippen LogP contribution in [0.5, 0.6) is 0 Å². The number of unbranched alkanes of at least 4 members (excludes halogenated alkanes) is 21. The highest BCUT2D eigenvalue weighted by molar-refractivity contribution is 7.47. The Morgan fingerprint density at radius 2 is 1.02 bits per heavy atom. The van der Waals surface area contributed by atoms with E-state index in [1.165, 1.54) is 109 Å². The fourth-order valence-corrected chi connectivity index (χ4v) is 6.56. The van der Waals surface area contributed by atoms with Crippen molar-refractivity contribution >= 4 is 13.8 Å². The van der Waals surface area contributed by atoms with Gasteiger partial charge in [0.05, 0.1) is 26.4 Å². The minimum Gasteiger partial charge on any atom is -0.457 e. The van der Waals surface area contributed by atoms with Crippen molar-refractivity contribution in [3.8, 4) is 0 Å². The van der Waals surface area contributed by atoms with E-state index in [-0.39, 0.29) is 25.6 Å². The van der Waals surface area contributed by atoms with Crippen LogP contribution in [0.25, 0.3) is 0 Å². The Balaban J connectivity index is 4.11. The minimum atomic E-state index is -4.51. The van der Waals surface area contributed by atoms with Crippen LogP contribution in [0.2, 0.25) is 0 Å². The molecule has 0 aliphatic rings. The molecule has 0 rings (SSSR count). The molecule has 0 aromatic heterocycles. The third-order valence-electron chi connectivity index (χ3n) is 9.08. The molecule has 53 heavy (non-hydrogen) atoms. The van der Waals surface area contributed by atoms with Crippen molar-refractivity contribution in [1.82, 2.24) is 0 Å². The maximum atomic E-state index is 12.5. The van der Waals surface area contributed by atoms with Crippen molar-refractivity contribution in [3.05, 3.63) is 36.5 Å². The van der Waals surface area contributed by atoms with Crippen molar-refractivity contribution in [1.29, 1.82) is 0 Å². The molecule has 0 fully saturated rings. The molecule has 3 unspecified atom stereocenters. The summed E-state index contributed by atoms with van der Waals surface area (Å²) < 4.78 is 33.3. The fourth-order valence-electron chi connectivity index (χ4n) is 5.77. The number of ether oxygens (including phenoxy) is 2. The monoisotopic (exact) mass is 773 g/mol. The number of esters is 1. The van der Waals surface area contributed by atoms with Crippen molar-refractivity contribution in [3.63, 3.8) is 0 Å². The molecular formula is C43H81O9P. The summed E-state index contributed by atoms with van der Waals surface area (Å²) in [5.41, 5.74) is 0. The molecule has 0 amide bonds. The van der Waals surface area contributed by atoms with Gasteiger partial charge in [-0.2, -0.15) is 0 Å². The van der Waals surface area contributed by atoms with Gasteiger partial charge >= 0.3 is 13.8 Å². The van der Waals surface area contributed by atoms with E-state index in [4.69, 9.17) is 23.6 Å². The summed E-state index contributed by atoms with van der Waals surface area (Å²) in [7, 11) is -4.51. The molecule has 0 aliphatic heterocycles. The maximum Gasteiger partial charge on any atom is 0.472 e. The van der Waals surface area contributed by atoms with E-state index < -0.39 is 33.2 Å². The van der Waals surface area contributed by atoms with Crippen LogP contribution in [0.4, 0.5) is 0 Å². The van der Waals surface area contributed by atoms with Crippen LogP contribution in [0.1, 0.15) is 187 Å². The largest absolute Gasteiger partial charge is 0.472 e. The number of phosphoric acid groups is 1. The summed E-state index contributed by atoms with van der Waals surface area (Å²) in [6, 6.07) is 0. The number of phosphoric ester groups is 1. The number of hydrogen-bond acceptors (Lipinski definition) is 8. The number of hydrogen-bond donors (Lipinski definition) is 3. The zero-order valence-corrected chi connectivity index (χ0v) is 34.9. The molecule has 0 aromatic rings. The summed E-state index contributed by atoms with van der Waals surface area (Å²) in [5, 5.41) is 18.3. The Morgan fingerprint density at radius 3 is 1.53 bits per heavy atom. The van der Waals surface area contributed by atoms with E-state index in [2.05, 4.69) is 50.3 Å². The number of carbonyl (C=O) groups is 1. The molecule has 10 heteroatoms. The summed E-state index contributed by atoms with van der Waals surface area (Å²) in [5.74, 6) is -0.388. The van der Waals surface area contributed by atoms with E-state index in [1.807, 2.05) is 0 Å². The number of carbonyl (C=O) groups excluding carboxylic acids is 1. The highest BCUT2D eigenvalue weighted by Crippen LogP contribution is 2.43. The first kappa shape index (κ1) is 51.7. The van der Waals surface area contributed by atoms with Gasteiger partial charge < -0.3 is 24.6 Å². The number of allylic oxidation sites excluding steroid dienone is 6. The first-order valence-electron chi connectivity index (χ1n) is 21.5. The highest BCUT2D eigenvalue weighted by Gasteiger charge is 2.26. The van der Waals surface area contributed by atoms with Crippen LogP contribution in [-0.4, -0.2) is 66.3 Å². The van der Waals surface area contributed by atoms with Gasteiger partial charge in [0.15, 0.2) is 0 Å². The Kier molecular flexibility index (Phi) is 39.3. The second-order valence-corrected chi connectivity index (χ2v) is 15.8. The molecule has 3 N–H and O–H groups in total. The van der Waals surface area contributed by atoms with Gasteiger partial charge in [0.25, 0.3) is 0 Å². The average Bonchev–Trinajstić information content (AvgIpc) is 3.15. The topological polar surface area (TPSA) is 132 Å². The molecule has 0 spiro atoms. The molecule has 0 bridgehead atoms. The molecule has 0 aromatic carbocycles. The van der Waals surface area contributed by atoms with Gasteiger partial charge in [0, 0.05) is 13.0 Å². The lowest BCUT2D eigenvalue weighted by Crippen LogP contribution is -2.29. The third kappa shape index (κ3) is 40.2. The summed E-state index contributed by atoms with van der Waals surface area (Å²) in [6.07, 6.45) is 42.5. The Labute approximate surface area is 325 Å². The smallest absolute Gasteiger partial charge is 0.457 e. The molecule has 0 aliphatic carbocycles. The quantitative estimate of drug-likeness (QED) is 0.0240. The average molecular weight is 773 g/mol. The van der Waals surface area contributed by atoms with E-state index in [0.717, 1.165) is 57.8 Å². The van der Waals surface area contributed by atoms with E-state index in [1.54, 1.807) is 0 Å². The zero-order chi connectivity index (χ0) is 38.9. The second-order valence-electron chi connectivity index (χ2n) is 14.4. The van der Waals surface area contributed by atoms with Crippen LogP contribution in [0, 0.1) is 0 Å². The Hall–Kier alpha value is -1.32. The van der Waals surface area contributed by atoms with Gasteiger partial charge in [0.1, 0.15) is 12.2 Å². The Morgan fingerprint density at radius 1 is 0.585 bits per heavy atom. The van der Waals surface area contributed by atoms with Gasteiger partial charge in [-0.1, -0.05) is 166 Å². The van der Waals surface area contributed by atoms with Crippen LogP contribution in [0.3, 0.4) is 0 Å². The normalized spacial score (nSPS) is 14.4. The summed E-state index contributed by atoms with van der Waals surface area (Å²) in [4.78, 5) is 22.5. The van der Waals surface area contributed by atoms with Crippen LogP contribution < -0.4 is 0 Å². The SMILES string of the molecule is CCCCCCC/C=C\C/C=C\C/C=C\CCCCCCCCCOCC(COP(=O)(O)OCC(O)CO)OC(=O)CCCCCCCCCCCC. The Bertz CT molecular complexity index is 923. The van der Waals surface area contributed by atoms with Crippen molar-refractivity contribution < 1.29 is 43.0 Å². The van der Waals surface area contributed by atoms with E-state index >= 15 is 0 Å². The van der Waals surface area contributed by atoms with E-state index in [0.29, 0.717) is 6.61 Å². The molecule has 0 saturated heterocycles. The standard InChI is InChI=1S/C43H81O9P/c1-3-5-7-9-11-13-15-16-17-18-19-20-21-22-23-24-25-26-28-30-32-34-36-49-39-42(40-51-53(47,48)50-38-41(45)37-44)52-43(46)35-33-31-29-27-14-12-10-8-6-4-2/h15-16,18-19,21-22,41-42,44-45H,3-14,17,20,23-40H2,1-2H3,(H,47,48)/b16-15-,19-18-,22-21-. The van der Waals surface area contributed by atoms with Gasteiger partial charge in [-0.25, -0.2) is 4.57 Å². The lowest BCUT2D eigenvalue weighted by atomic mass is 10.1. The predicted octanol–water partition coefficient (Wildman–Crippen LogP) is 11.6. The van der Waals surface area contributed by atoms with Gasteiger partial charge in [-0.05, 0) is 51.4 Å². The molecule has 0 heterocycles. The lowest BCUT2D eigenvalue weighted by molar-refractivity contribution is -0.154. The van der Waals surface area contributed by atoms with Crippen molar-refractivity contribution in [2.45, 2.75) is 199 Å². The number of rotatable bonds is 41. The molecule has 0 radical (unpaired) electrons. The second kappa shape index (κ2) is 40.3. The first-order chi connectivity index (χ1) is 25.8. The van der Waals surface area contributed by atoms with Gasteiger partial charge in [-0.3, -0.25) is 13.8 Å². The molecular weight excluding hydrogens is 691 g/mol. The molecule has 9 nitrogen and oxygen atoms in total.